The van der Waals surface area contributed by atoms with Gasteiger partial charge in [-0.15, -0.1) is 0 Å². The summed E-state index contributed by atoms with van der Waals surface area (Å²) >= 11 is 0. The lowest BCUT2D eigenvalue weighted by Crippen LogP contribution is -2.32. The van der Waals surface area contributed by atoms with Crippen LogP contribution in [0.2, 0.25) is 0 Å². The Morgan fingerprint density at radius 3 is 2.50 bits per heavy atom. The molecule has 0 spiro atoms. The van der Waals surface area contributed by atoms with Crippen molar-refractivity contribution in [1.82, 2.24) is 5.32 Å². The molecular formula is C9H12N4O3. The number of benzene rings is 1. The van der Waals surface area contributed by atoms with E-state index in [2.05, 4.69) is 10.6 Å². The summed E-state index contributed by atoms with van der Waals surface area (Å²) in [7, 11) is 0. The maximum absolute atomic E-state index is 11.2. The first-order valence-corrected chi connectivity index (χ1v) is 4.63. The molecule has 4 N–H and O–H groups in total. The van der Waals surface area contributed by atoms with E-state index >= 15 is 0 Å². The lowest BCUT2D eigenvalue weighted by Gasteiger charge is -2.05. The number of urea groups is 1. The fourth-order valence-corrected chi connectivity index (χ4v) is 1.03. The van der Waals surface area contributed by atoms with E-state index in [0.29, 0.717) is 18.8 Å². The Kier molecular flexibility index (Phi) is 4.22. The summed E-state index contributed by atoms with van der Waals surface area (Å²) in [5.41, 5.74) is 5.67. The second kappa shape index (κ2) is 5.66. The molecule has 0 fully saturated rings. The zero-order valence-electron chi connectivity index (χ0n) is 8.47. The monoisotopic (exact) mass is 224 g/mol. The van der Waals surface area contributed by atoms with E-state index in [9.17, 15) is 14.9 Å². The smallest absolute Gasteiger partial charge is 0.319 e. The molecular weight excluding hydrogens is 212 g/mol. The van der Waals surface area contributed by atoms with Gasteiger partial charge in [0.2, 0.25) is 0 Å². The summed E-state index contributed by atoms with van der Waals surface area (Å²) in [5.74, 6) is 0. The van der Waals surface area contributed by atoms with Crippen LogP contribution >= 0.6 is 0 Å². The van der Waals surface area contributed by atoms with Gasteiger partial charge in [-0.05, 0) is 12.1 Å². The van der Waals surface area contributed by atoms with Crippen LogP contribution in [0.1, 0.15) is 0 Å². The molecule has 0 saturated heterocycles. The molecule has 1 aromatic carbocycles. The number of nitro groups is 1. The van der Waals surface area contributed by atoms with Gasteiger partial charge in [-0.2, -0.15) is 0 Å². The zero-order valence-corrected chi connectivity index (χ0v) is 8.47. The van der Waals surface area contributed by atoms with Gasteiger partial charge in [0, 0.05) is 30.9 Å². The van der Waals surface area contributed by atoms with Gasteiger partial charge in [0.1, 0.15) is 0 Å². The minimum atomic E-state index is -0.502. The van der Waals surface area contributed by atoms with Crippen LogP contribution in [-0.2, 0) is 0 Å². The van der Waals surface area contributed by atoms with Crippen molar-refractivity contribution < 1.29 is 9.72 Å². The van der Waals surface area contributed by atoms with E-state index in [1.54, 1.807) is 0 Å². The van der Waals surface area contributed by atoms with Crippen molar-refractivity contribution in [2.75, 3.05) is 18.4 Å². The van der Waals surface area contributed by atoms with Crippen LogP contribution in [0.15, 0.2) is 24.3 Å². The SMILES string of the molecule is NCCNC(=O)Nc1ccc([N+](=O)[O-])cc1. The minimum Gasteiger partial charge on any atom is -0.337 e. The molecule has 2 amide bonds. The largest absolute Gasteiger partial charge is 0.337 e. The maximum Gasteiger partial charge on any atom is 0.319 e. The van der Waals surface area contributed by atoms with E-state index < -0.39 is 4.92 Å². The number of amides is 2. The summed E-state index contributed by atoms with van der Waals surface area (Å²) < 4.78 is 0. The number of carbonyl (C=O) groups excluding carboxylic acids is 1. The summed E-state index contributed by atoms with van der Waals surface area (Å²) in [6, 6.07) is 5.16. The van der Waals surface area contributed by atoms with Crippen LogP contribution in [0.3, 0.4) is 0 Å². The van der Waals surface area contributed by atoms with Gasteiger partial charge in [0.05, 0.1) is 4.92 Å². The number of nitrogens with two attached hydrogens (primary N) is 1. The standard InChI is InChI=1S/C9H12N4O3/c10-5-6-11-9(14)12-7-1-3-8(4-2-7)13(15)16/h1-4H,5-6,10H2,(H2,11,12,14). The Balaban J connectivity index is 2.55. The second-order valence-corrected chi connectivity index (χ2v) is 2.97. The van der Waals surface area contributed by atoms with Crippen molar-refractivity contribution in [3.8, 4) is 0 Å². The van der Waals surface area contributed by atoms with Crippen LogP contribution in [0, 0.1) is 10.1 Å². The molecule has 0 aliphatic carbocycles. The molecule has 1 aromatic rings. The molecule has 7 nitrogen and oxygen atoms in total. The predicted molar refractivity (Wildman–Crippen MR) is 59.2 cm³/mol. The van der Waals surface area contributed by atoms with Crippen molar-refractivity contribution >= 4 is 17.4 Å². The first-order chi connectivity index (χ1) is 7.63. The molecule has 0 heterocycles. The highest BCUT2D eigenvalue weighted by molar-refractivity contribution is 5.89. The molecule has 16 heavy (non-hydrogen) atoms. The van der Waals surface area contributed by atoms with Crippen molar-refractivity contribution in [3.05, 3.63) is 34.4 Å². The first-order valence-electron chi connectivity index (χ1n) is 4.63. The molecule has 0 radical (unpaired) electrons. The van der Waals surface area contributed by atoms with Gasteiger partial charge in [-0.1, -0.05) is 0 Å². The van der Waals surface area contributed by atoms with Crippen molar-refractivity contribution in [1.29, 1.82) is 0 Å². The topological polar surface area (TPSA) is 110 Å². The molecule has 0 aromatic heterocycles. The maximum atomic E-state index is 11.2. The Hall–Kier alpha value is -2.15. The summed E-state index contributed by atoms with van der Waals surface area (Å²) in [4.78, 5) is 21.0. The highest BCUT2D eigenvalue weighted by Crippen LogP contribution is 2.14. The Morgan fingerprint density at radius 2 is 2.00 bits per heavy atom. The first kappa shape index (κ1) is 11.9. The number of hydrogen-bond acceptors (Lipinski definition) is 4. The van der Waals surface area contributed by atoms with Crippen LogP contribution in [0.25, 0.3) is 0 Å². The van der Waals surface area contributed by atoms with Gasteiger partial charge in [-0.3, -0.25) is 10.1 Å². The number of non-ortho nitro benzene ring substituents is 1. The number of rotatable bonds is 4. The number of carbonyl (C=O) groups is 1. The molecule has 7 heteroatoms. The van der Waals surface area contributed by atoms with Gasteiger partial charge in [-0.25, -0.2) is 4.79 Å². The van der Waals surface area contributed by atoms with Crippen molar-refractivity contribution in [2.24, 2.45) is 5.73 Å². The Bertz CT molecular complexity index is 377. The number of nitrogens with zero attached hydrogens (tertiary/aromatic N) is 1. The van der Waals surface area contributed by atoms with E-state index in [1.807, 2.05) is 0 Å². The van der Waals surface area contributed by atoms with Gasteiger partial charge >= 0.3 is 6.03 Å². The van der Waals surface area contributed by atoms with E-state index in [-0.39, 0.29) is 11.7 Å². The molecule has 0 aliphatic heterocycles. The zero-order chi connectivity index (χ0) is 12.0. The molecule has 1 rings (SSSR count). The van der Waals surface area contributed by atoms with Gasteiger partial charge < -0.3 is 16.4 Å². The van der Waals surface area contributed by atoms with Crippen LogP contribution < -0.4 is 16.4 Å². The number of nitro benzene ring substituents is 1. The summed E-state index contributed by atoms with van der Waals surface area (Å²) in [6.07, 6.45) is 0. The Morgan fingerprint density at radius 1 is 1.38 bits per heavy atom. The molecule has 86 valence electrons. The van der Waals surface area contributed by atoms with E-state index in [0.717, 1.165) is 0 Å². The van der Waals surface area contributed by atoms with Crippen LogP contribution in [-0.4, -0.2) is 24.0 Å². The summed E-state index contributed by atoms with van der Waals surface area (Å²) in [5, 5.41) is 15.4. The normalized spacial score (nSPS) is 9.56. The van der Waals surface area contributed by atoms with Crippen LogP contribution in [0.4, 0.5) is 16.2 Å². The molecule has 0 aliphatic rings. The summed E-state index contributed by atoms with van der Waals surface area (Å²) in [6.45, 7) is 0.729. The fourth-order valence-electron chi connectivity index (χ4n) is 1.03. The van der Waals surface area contributed by atoms with E-state index in [1.165, 1.54) is 24.3 Å². The molecule has 0 bridgehead atoms. The molecule has 0 atom stereocenters. The lowest BCUT2D eigenvalue weighted by atomic mass is 10.3. The average Bonchev–Trinajstić information content (AvgIpc) is 2.27. The third kappa shape index (κ3) is 3.54. The fraction of sp³-hybridized carbons (Fsp3) is 0.222. The van der Waals surface area contributed by atoms with Crippen molar-refractivity contribution in [2.45, 2.75) is 0 Å². The number of hydrogen-bond donors (Lipinski definition) is 3. The highest BCUT2D eigenvalue weighted by Gasteiger charge is 2.05. The Labute approximate surface area is 91.8 Å². The highest BCUT2D eigenvalue weighted by atomic mass is 16.6. The molecule has 0 unspecified atom stereocenters. The quantitative estimate of drug-likeness (QED) is 0.515. The predicted octanol–water partition coefficient (Wildman–Crippen LogP) is 0.675. The van der Waals surface area contributed by atoms with Gasteiger partial charge in [0.15, 0.2) is 0 Å². The molecule has 0 saturated carbocycles. The average molecular weight is 224 g/mol. The van der Waals surface area contributed by atoms with E-state index in [4.69, 9.17) is 5.73 Å². The minimum absolute atomic E-state index is 0.0204. The second-order valence-electron chi connectivity index (χ2n) is 2.97. The lowest BCUT2D eigenvalue weighted by molar-refractivity contribution is -0.384. The van der Waals surface area contributed by atoms with Crippen molar-refractivity contribution in [3.63, 3.8) is 0 Å². The van der Waals surface area contributed by atoms with Gasteiger partial charge in [0.25, 0.3) is 5.69 Å². The van der Waals surface area contributed by atoms with Crippen LogP contribution in [0.5, 0.6) is 0 Å². The number of anilines is 1. The third-order valence-corrected chi connectivity index (χ3v) is 1.77. The number of nitrogens with one attached hydrogen (secondary N) is 2. The third-order valence-electron chi connectivity index (χ3n) is 1.77.